The van der Waals surface area contributed by atoms with Gasteiger partial charge >= 0.3 is 0 Å². The van der Waals surface area contributed by atoms with E-state index in [9.17, 15) is 5.11 Å². The predicted molar refractivity (Wildman–Crippen MR) is 65.8 cm³/mol. The van der Waals surface area contributed by atoms with Crippen molar-refractivity contribution in [2.24, 2.45) is 17.8 Å². The fraction of sp³-hybridized carbons (Fsp3) is 1.00. The molecule has 1 fully saturated rings. The van der Waals surface area contributed by atoms with Crippen molar-refractivity contribution in [1.82, 2.24) is 0 Å². The molecule has 1 aliphatic carbocycles. The molecule has 1 atom stereocenters. The smallest absolute Gasteiger partial charge is 0.0545 e. The topological polar surface area (TPSA) is 20.2 Å². The summed E-state index contributed by atoms with van der Waals surface area (Å²) in [6.45, 7) is 6.69. The standard InChI is InChI=1S/C14H28O/c1-4-12-5-7-13(8-6-12)10-14(15)9-11(2)3/h11-15H,4-10H2,1-3H3. The van der Waals surface area contributed by atoms with Crippen LogP contribution in [0.5, 0.6) is 0 Å². The van der Waals surface area contributed by atoms with Crippen LogP contribution in [0.25, 0.3) is 0 Å². The fourth-order valence-corrected chi connectivity index (χ4v) is 2.90. The van der Waals surface area contributed by atoms with Crippen LogP contribution in [0, 0.1) is 17.8 Å². The number of hydrogen-bond donors (Lipinski definition) is 1. The molecule has 0 aromatic carbocycles. The lowest BCUT2D eigenvalue weighted by molar-refractivity contribution is 0.103. The minimum absolute atomic E-state index is 0.0480. The Morgan fingerprint density at radius 1 is 1.07 bits per heavy atom. The van der Waals surface area contributed by atoms with E-state index in [1.165, 1.54) is 32.1 Å². The summed E-state index contributed by atoms with van der Waals surface area (Å²) in [5.74, 6) is 2.41. The van der Waals surface area contributed by atoms with E-state index < -0.39 is 0 Å². The van der Waals surface area contributed by atoms with E-state index in [0.29, 0.717) is 5.92 Å². The van der Waals surface area contributed by atoms with Gasteiger partial charge in [0, 0.05) is 0 Å². The average Bonchev–Trinajstić information content (AvgIpc) is 2.17. The molecule has 0 spiro atoms. The largest absolute Gasteiger partial charge is 0.393 e. The van der Waals surface area contributed by atoms with Gasteiger partial charge in [-0.25, -0.2) is 0 Å². The van der Waals surface area contributed by atoms with Crippen molar-refractivity contribution >= 4 is 0 Å². The average molecular weight is 212 g/mol. The Bertz CT molecular complexity index is 157. The second-order valence-corrected chi connectivity index (χ2v) is 5.81. The molecule has 1 saturated carbocycles. The van der Waals surface area contributed by atoms with E-state index in [4.69, 9.17) is 0 Å². The highest BCUT2D eigenvalue weighted by molar-refractivity contribution is 4.74. The second-order valence-electron chi connectivity index (χ2n) is 5.81. The summed E-state index contributed by atoms with van der Waals surface area (Å²) >= 11 is 0. The first-order valence-electron chi connectivity index (χ1n) is 6.79. The predicted octanol–water partition coefficient (Wildman–Crippen LogP) is 4.00. The summed E-state index contributed by atoms with van der Waals surface area (Å²) in [4.78, 5) is 0. The van der Waals surface area contributed by atoms with Crippen molar-refractivity contribution in [2.75, 3.05) is 0 Å². The van der Waals surface area contributed by atoms with E-state index in [1.807, 2.05) is 0 Å². The summed E-state index contributed by atoms with van der Waals surface area (Å²) in [6, 6.07) is 0. The molecule has 0 radical (unpaired) electrons. The van der Waals surface area contributed by atoms with E-state index in [1.54, 1.807) is 0 Å². The van der Waals surface area contributed by atoms with Crippen molar-refractivity contribution in [1.29, 1.82) is 0 Å². The van der Waals surface area contributed by atoms with Crippen molar-refractivity contribution in [2.45, 2.75) is 71.8 Å². The van der Waals surface area contributed by atoms with Crippen LogP contribution in [0.4, 0.5) is 0 Å². The maximum absolute atomic E-state index is 9.89. The van der Waals surface area contributed by atoms with Gasteiger partial charge in [-0.15, -0.1) is 0 Å². The van der Waals surface area contributed by atoms with Gasteiger partial charge in [-0.1, -0.05) is 52.9 Å². The van der Waals surface area contributed by atoms with Crippen molar-refractivity contribution in [3.63, 3.8) is 0 Å². The van der Waals surface area contributed by atoms with Crippen LogP contribution in [0.3, 0.4) is 0 Å². The van der Waals surface area contributed by atoms with Crippen LogP contribution in [0.15, 0.2) is 0 Å². The quantitative estimate of drug-likeness (QED) is 0.730. The van der Waals surface area contributed by atoms with Gasteiger partial charge in [-0.3, -0.25) is 0 Å². The molecule has 90 valence electrons. The lowest BCUT2D eigenvalue weighted by atomic mass is 9.78. The lowest BCUT2D eigenvalue weighted by Crippen LogP contribution is -2.20. The summed E-state index contributed by atoms with van der Waals surface area (Å²) in [5.41, 5.74) is 0. The Hall–Kier alpha value is -0.0400. The normalized spacial score (nSPS) is 29.4. The van der Waals surface area contributed by atoms with Crippen LogP contribution in [-0.2, 0) is 0 Å². The number of hydrogen-bond acceptors (Lipinski definition) is 1. The van der Waals surface area contributed by atoms with Crippen LogP contribution in [-0.4, -0.2) is 11.2 Å². The molecule has 15 heavy (non-hydrogen) atoms. The molecular weight excluding hydrogens is 184 g/mol. The zero-order valence-corrected chi connectivity index (χ0v) is 10.7. The molecule has 0 amide bonds. The molecule has 1 aliphatic rings. The molecule has 1 heteroatoms. The third kappa shape index (κ3) is 5.01. The molecule has 1 nitrogen and oxygen atoms in total. The minimum atomic E-state index is -0.0480. The number of aliphatic hydroxyl groups excluding tert-OH is 1. The van der Waals surface area contributed by atoms with Gasteiger partial charge < -0.3 is 5.11 Å². The monoisotopic (exact) mass is 212 g/mol. The molecule has 1 unspecified atom stereocenters. The minimum Gasteiger partial charge on any atom is -0.393 e. The third-order valence-corrected chi connectivity index (χ3v) is 3.89. The van der Waals surface area contributed by atoms with Crippen LogP contribution in [0.1, 0.15) is 65.7 Å². The Morgan fingerprint density at radius 3 is 2.07 bits per heavy atom. The van der Waals surface area contributed by atoms with Gasteiger partial charge in [0.25, 0.3) is 0 Å². The molecule has 0 saturated heterocycles. The van der Waals surface area contributed by atoms with Gasteiger partial charge in [0.1, 0.15) is 0 Å². The first-order chi connectivity index (χ1) is 7.11. The van der Waals surface area contributed by atoms with Crippen LogP contribution in [0.2, 0.25) is 0 Å². The van der Waals surface area contributed by atoms with Crippen molar-refractivity contribution < 1.29 is 5.11 Å². The summed E-state index contributed by atoms with van der Waals surface area (Å²) in [7, 11) is 0. The lowest BCUT2D eigenvalue weighted by Gasteiger charge is -2.29. The fourth-order valence-electron chi connectivity index (χ4n) is 2.90. The zero-order valence-electron chi connectivity index (χ0n) is 10.7. The Morgan fingerprint density at radius 2 is 1.60 bits per heavy atom. The molecule has 1 rings (SSSR count). The van der Waals surface area contributed by atoms with E-state index >= 15 is 0 Å². The Labute approximate surface area is 95.3 Å². The molecule has 0 aromatic heterocycles. The van der Waals surface area contributed by atoms with Crippen LogP contribution >= 0.6 is 0 Å². The highest BCUT2D eigenvalue weighted by atomic mass is 16.3. The Kier molecular flexibility index (Phi) is 5.66. The first-order valence-corrected chi connectivity index (χ1v) is 6.79. The van der Waals surface area contributed by atoms with Crippen LogP contribution < -0.4 is 0 Å². The summed E-state index contributed by atoms with van der Waals surface area (Å²) in [5, 5.41) is 9.89. The third-order valence-electron chi connectivity index (χ3n) is 3.89. The van der Waals surface area contributed by atoms with Gasteiger partial charge in [0.2, 0.25) is 0 Å². The molecule has 0 bridgehead atoms. The van der Waals surface area contributed by atoms with E-state index in [0.717, 1.165) is 24.7 Å². The van der Waals surface area contributed by atoms with Gasteiger partial charge in [0.05, 0.1) is 6.10 Å². The maximum atomic E-state index is 9.89. The molecular formula is C14H28O. The summed E-state index contributed by atoms with van der Waals surface area (Å²) in [6.07, 6.45) is 8.84. The van der Waals surface area contributed by atoms with Gasteiger partial charge in [-0.2, -0.15) is 0 Å². The van der Waals surface area contributed by atoms with Crippen molar-refractivity contribution in [3.05, 3.63) is 0 Å². The van der Waals surface area contributed by atoms with Gasteiger partial charge in [0.15, 0.2) is 0 Å². The molecule has 0 aliphatic heterocycles. The Balaban J connectivity index is 2.17. The zero-order chi connectivity index (χ0) is 11.3. The van der Waals surface area contributed by atoms with Gasteiger partial charge in [-0.05, 0) is 30.6 Å². The summed E-state index contributed by atoms with van der Waals surface area (Å²) < 4.78 is 0. The van der Waals surface area contributed by atoms with Crippen molar-refractivity contribution in [3.8, 4) is 0 Å². The number of rotatable bonds is 5. The number of aliphatic hydroxyl groups is 1. The maximum Gasteiger partial charge on any atom is 0.0545 e. The van der Waals surface area contributed by atoms with E-state index in [-0.39, 0.29) is 6.10 Å². The van der Waals surface area contributed by atoms with E-state index in [2.05, 4.69) is 20.8 Å². The highest BCUT2D eigenvalue weighted by Crippen LogP contribution is 2.33. The molecule has 0 aromatic rings. The molecule has 0 heterocycles. The second kappa shape index (κ2) is 6.52. The first kappa shape index (κ1) is 13.0. The highest BCUT2D eigenvalue weighted by Gasteiger charge is 2.22. The molecule has 1 N–H and O–H groups in total. The SMILES string of the molecule is CCC1CCC(CC(O)CC(C)C)CC1.